The lowest BCUT2D eigenvalue weighted by Crippen LogP contribution is -2.47. The highest BCUT2D eigenvalue weighted by Crippen LogP contribution is 2.28. The summed E-state index contributed by atoms with van der Waals surface area (Å²) in [5.74, 6) is -0.337. The number of nitrogens with one attached hydrogen (secondary N) is 1. The number of sulfonamides is 1. The number of amides is 1. The Morgan fingerprint density at radius 2 is 1.59 bits per heavy atom. The summed E-state index contributed by atoms with van der Waals surface area (Å²) < 4.78 is 26.5. The van der Waals surface area contributed by atoms with Crippen molar-refractivity contribution in [1.82, 2.24) is 0 Å². The number of carbonyl (C=O) groups excluding carboxylic acids is 1. The second kappa shape index (κ2) is 8.13. The molecule has 0 radical (unpaired) electrons. The first-order chi connectivity index (χ1) is 12.5. The summed E-state index contributed by atoms with van der Waals surface area (Å²) in [4.78, 5) is 13.0. The summed E-state index contributed by atoms with van der Waals surface area (Å²) in [7, 11) is -3.65. The first-order valence-electron chi connectivity index (χ1n) is 8.99. The quantitative estimate of drug-likeness (QED) is 0.810. The third-order valence-electron chi connectivity index (χ3n) is 4.57. The zero-order valence-corrected chi connectivity index (χ0v) is 17.6. The van der Waals surface area contributed by atoms with E-state index in [0.717, 1.165) is 28.5 Å². The molecule has 0 fully saturated rings. The molecule has 5 nitrogen and oxygen atoms in total. The molecule has 2 rings (SSSR count). The maximum atomic E-state index is 13.0. The van der Waals surface area contributed by atoms with Crippen molar-refractivity contribution in [1.29, 1.82) is 0 Å². The van der Waals surface area contributed by atoms with Crippen LogP contribution in [-0.2, 0) is 14.8 Å². The molecule has 0 saturated heterocycles. The Labute approximate surface area is 162 Å². The van der Waals surface area contributed by atoms with Crippen LogP contribution < -0.4 is 9.62 Å². The SMILES string of the molecule is CC[C@H](C(=O)Nc1ccc(C)cc1C)N(c1cc(C)ccc1C)S(C)(=O)=O. The highest BCUT2D eigenvalue weighted by Gasteiger charge is 2.32. The van der Waals surface area contributed by atoms with E-state index in [4.69, 9.17) is 0 Å². The fourth-order valence-corrected chi connectivity index (χ4v) is 4.42. The van der Waals surface area contributed by atoms with Crippen LogP contribution in [0.2, 0.25) is 0 Å². The van der Waals surface area contributed by atoms with Gasteiger partial charge in [0.2, 0.25) is 15.9 Å². The van der Waals surface area contributed by atoms with Crippen molar-refractivity contribution in [3.63, 3.8) is 0 Å². The predicted molar refractivity (Wildman–Crippen MR) is 112 cm³/mol. The van der Waals surface area contributed by atoms with Gasteiger partial charge in [0.05, 0.1) is 11.9 Å². The van der Waals surface area contributed by atoms with Crippen LogP contribution in [0.3, 0.4) is 0 Å². The number of benzene rings is 2. The molecule has 0 saturated carbocycles. The first kappa shape index (κ1) is 21.0. The number of carbonyl (C=O) groups is 1. The Kier molecular flexibility index (Phi) is 6.31. The summed E-state index contributed by atoms with van der Waals surface area (Å²) in [6, 6.07) is 10.5. The van der Waals surface area contributed by atoms with E-state index in [9.17, 15) is 13.2 Å². The van der Waals surface area contributed by atoms with Crippen molar-refractivity contribution >= 4 is 27.3 Å². The lowest BCUT2D eigenvalue weighted by molar-refractivity contribution is -0.117. The molecule has 0 aliphatic carbocycles. The molecule has 146 valence electrons. The molecule has 1 atom stereocenters. The van der Waals surface area contributed by atoms with Gasteiger partial charge in [-0.3, -0.25) is 9.10 Å². The van der Waals surface area contributed by atoms with Crippen molar-refractivity contribution in [3.8, 4) is 0 Å². The van der Waals surface area contributed by atoms with E-state index >= 15 is 0 Å². The van der Waals surface area contributed by atoms with E-state index in [2.05, 4.69) is 5.32 Å². The molecule has 6 heteroatoms. The molecule has 0 heterocycles. The number of hydrogen-bond donors (Lipinski definition) is 1. The maximum absolute atomic E-state index is 13.0. The van der Waals surface area contributed by atoms with Gasteiger partial charge in [-0.2, -0.15) is 0 Å². The second-order valence-corrected chi connectivity index (χ2v) is 8.94. The van der Waals surface area contributed by atoms with Crippen LogP contribution >= 0.6 is 0 Å². The van der Waals surface area contributed by atoms with Gasteiger partial charge >= 0.3 is 0 Å². The number of hydrogen-bond acceptors (Lipinski definition) is 3. The first-order valence-corrected chi connectivity index (χ1v) is 10.8. The van der Waals surface area contributed by atoms with E-state index in [0.29, 0.717) is 17.8 Å². The van der Waals surface area contributed by atoms with Gasteiger partial charge in [0.15, 0.2) is 0 Å². The van der Waals surface area contributed by atoms with Gasteiger partial charge in [0.1, 0.15) is 6.04 Å². The Bertz CT molecular complexity index is 952. The minimum atomic E-state index is -3.65. The number of aryl methyl sites for hydroxylation is 4. The molecule has 2 aromatic rings. The largest absolute Gasteiger partial charge is 0.324 e. The fourth-order valence-electron chi connectivity index (χ4n) is 3.16. The van der Waals surface area contributed by atoms with Crippen LogP contribution in [0.15, 0.2) is 36.4 Å². The predicted octanol–water partition coefficient (Wildman–Crippen LogP) is 4.10. The number of rotatable bonds is 6. The highest BCUT2D eigenvalue weighted by atomic mass is 32.2. The average molecular weight is 389 g/mol. The van der Waals surface area contributed by atoms with Gasteiger partial charge in [0.25, 0.3) is 0 Å². The Hall–Kier alpha value is -2.34. The number of anilines is 2. The summed E-state index contributed by atoms with van der Waals surface area (Å²) >= 11 is 0. The smallest absolute Gasteiger partial charge is 0.248 e. The fraction of sp³-hybridized carbons (Fsp3) is 0.381. The third-order valence-corrected chi connectivity index (χ3v) is 5.74. The summed E-state index contributed by atoms with van der Waals surface area (Å²) in [5.41, 5.74) is 5.03. The van der Waals surface area contributed by atoms with Gasteiger partial charge in [-0.15, -0.1) is 0 Å². The Morgan fingerprint density at radius 1 is 1.00 bits per heavy atom. The molecular weight excluding hydrogens is 360 g/mol. The summed E-state index contributed by atoms with van der Waals surface area (Å²) in [6.07, 6.45) is 1.50. The van der Waals surface area contributed by atoms with Crippen LogP contribution in [0.1, 0.15) is 35.6 Å². The lowest BCUT2D eigenvalue weighted by Gasteiger charge is -2.31. The minimum Gasteiger partial charge on any atom is -0.324 e. The van der Waals surface area contributed by atoms with Crippen LogP contribution in [0.25, 0.3) is 0 Å². The Morgan fingerprint density at radius 3 is 2.15 bits per heavy atom. The Balaban J connectivity index is 2.46. The second-order valence-electron chi connectivity index (χ2n) is 7.08. The normalized spacial score (nSPS) is 12.5. The molecule has 0 aliphatic heterocycles. The van der Waals surface area contributed by atoms with Gasteiger partial charge in [-0.05, 0) is 62.9 Å². The number of nitrogens with zero attached hydrogens (tertiary/aromatic N) is 1. The van der Waals surface area contributed by atoms with Crippen molar-refractivity contribution in [2.24, 2.45) is 0 Å². The molecular formula is C21H28N2O3S. The maximum Gasteiger partial charge on any atom is 0.248 e. The highest BCUT2D eigenvalue weighted by molar-refractivity contribution is 7.92. The van der Waals surface area contributed by atoms with Gasteiger partial charge in [0, 0.05) is 5.69 Å². The third kappa shape index (κ3) is 4.89. The van der Waals surface area contributed by atoms with E-state index in [-0.39, 0.29) is 5.91 Å². The van der Waals surface area contributed by atoms with E-state index < -0.39 is 16.1 Å². The lowest BCUT2D eigenvalue weighted by atomic mass is 10.1. The molecule has 2 aromatic carbocycles. The topological polar surface area (TPSA) is 66.5 Å². The van der Waals surface area contributed by atoms with Crippen LogP contribution in [-0.4, -0.2) is 26.6 Å². The van der Waals surface area contributed by atoms with Crippen molar-refractivity contribution in [2.75, 3.05) is 15.9 Å². The van der Waals surface area contributed by atoms with E-state index in [1.165, 1.54) is 4.31 Å². The summed E-state index contributed by atoms with van der Waals surface area (Å²) in [6.45, 7) is 9.47. The molecule has 0 bridgehead atoms. The monoisotopic (exact) mass is 388 g/mol. The average Bonchev–Trinajstić information content (AvgIpc) is 2.56. The van der Waals surface area contributed by atoms with Crippen LogP contribution in [0.5, 0.6) is 0 Å². The van der Waals surface area contributed by atoms with Crippen LogP contribution in [0, 0.1) is 27.7 Å². The van der Waals surface area contributed by atoms with E-state index in [1.54, 1.807) is 0 Å². The molecule has 0 spiro atoms. The van der Waals surface area contributed by atoms with Crippen molar-refractivity contribution in [2.45, 2.75) is 47.1 Å². The molecule has 1 N–H and O–H groups in total. The molecule has 1 amide bonds. The zero-order valence-electron chi connectivity index (χ0n) is 16.8. The van der Waals surface area contributed by atoms with Gasteiger partial charge in [-0.1, -0.05) is 36.8 Å². The minimum absolute atomic E-state index is 0.337. The molecule has 0 aromatic heterocycles. The van der Waals surface area contributed by atoms with Crippen molar-refractivity contribution in [3.05, 3.63) is 58.7 Å². The van der Waals surface area contributed by atoms with Crippen molar-refractivity contribution < 1.29 is 13.2 Å². The standard InChI is InChI=1S/C21H28N2O3S/c1-7-19(21(24)22-18-11-9-14(2)12-17(18)5)23(27(6,25)26)20-13-15(3)8-10-16(20)4/h8-13,19H,7H2,1-6H3,(H,22,24)/t19-/m1/s1. The van der Waals surface area contributed by atoms with Crippen LogP contribution in [0.4, 0.5) is 11.4 Å². The summed E-state index contributed by atoms with van der Waals surface area (Å²) in [5, 5.41) is 2.90. The molecule has 0 aliphatic rings. The van der Waals surface area contributed by atoms with Gasteiger partial charge in [-0.25, -0.2) is 8.42 Å². The van der Waals surface area contributed by atoms with Gasteiger partial charge < -0.3 is 5.32 Å². The molecule has 27 heavy (non-hydrogen) atoms. The molecule has 0 unspecified atom stereocenters. The van der Waals surface area contributed by atoms with E-state index in [1.807, 2.05) is 71.0 Å². The zero-order chi connectivity index (χ0) is 20.4.